The maximum atomic E-state index is 11.8. The molecule has 0 spiro atoms. The number of hydrogen-bond donors (Lipinski definition) is 2. The van der Waals surface area contributed by atoms with E-state index in [1.54, 1.807) is 24.0 Å². The summed E-state index contributed by atoms with van der Waals surface area (Å²) in [5.41, 5.74) is 0.619. The van der Waals surface area contributed by atoms with Crippen molar-refractivity contribution in [1.82, 2.24) is 20.4 Å². The fourth-order valence-electron chi connectivity index (χ4n) is 1.82. The molecule has 1 fully saturated rings. The number of carbonyl (C=O) groups is 1. The van der Waals surface area contributed by atoms with Crippen LogP contribution in [-0.4, -0.2) is 34.8 Å². The van der Waals surface area contributed by atoms with Crippen LogP contribution in [0.2, 0.25) is 0 Å². The predicted octanol–water partition coefficient (Wildman–Crippen LogP) is 0.745. The predicted molar refractivity (Wildman–Crippen MR) is 71.1 cm³/mol. The number of nitrogens with one attached hydrogen (secondary N) is 2. The van der Waals surface area contributed by atoms with E-state index in [1.165, 1.54) is 0 Å². The summed E-state index contributed by atoms with van der Waals surface area (Å²) in [6.45, 7) is 1.96. The normalized spacial score (nSPS) is 15.6. The third-order valence-corrected chi connectivity index (χ3v) is 2.73. The molecule has 1 aromatic rings. The maximum Gasteiger partial charge on any atom is 0.269 e. The van der Waals surface area contributed by atoms with Crippen LogP contribution in [0.5, 0.6) is 0 Å². The lowest BCUT2D eigenvalue weighted by Crippen LogP contribution is -2.43. The Morgan fingerprint density at radius 3 is 2.65 bits per heavy atom. The van der Waals surface area contributed by atoms with Crippen LogP contribution in [0.15, 0.2) is 12.3 Å². The summed E-state index contributed by atoms with van der Waals surface area (Å²) in [7, 11) is 1.78. The zero-order valence-corrected chi connectivity index (χ0v) is 11.3. The first kappa shape index (κ1) is 16.2. The van der Waals surface area contributed by atoms with E-state index in [0.717, 1.165) is 25.9 Å². The van der Waals surface area contributed by atoms with E-state index in [2.05, 4.69) is 15.7 Å². The first-order valence-electron chi connectivity index (χ1n) is 5.27. The van der Waals surface area contributed by atoms with Crippen molar-refractivity contribution < 1.29 is 4.79 Å². The van der Waals surface area contributed by atoms with Crippen LogP contribution in [0.4, 0.5) is 0 Å². The van der Waals surface area contributed by atoms with E-state index in [9.17, 15) is 4.79 Å². The van der Waals surface area contributed by atoms with Crippen molar-refractivity contribution in [3.8, 4) is 0 Å². The van der Waals surface area contributed by atoms with Gasteiger partial charge in [0.1, 0.15) is 5.69 Å². The van der Waals surface area contributed by atoms with Crippen molar-refractivity contribution in [2.24, 2.45) is 7.05 Å². The van der Waals surface area contributed by atoms with Gasteiger partial charge in [-0.25, -0.2) is 0 Å². The number of aryl methyl sites for hydroxylation is 1. The Hall–Kier alpha value is -0.780. The maximum absolute atomic E-state index is 11.8. The molecular formula is C10H18Cl2N4O. The second-order valence-corrected chi connectivity index (χ2v) is 3.84. The van der Waals surface area contributed by atoms with E-state index in [0.29, 0.717) is 11.7 Å². The summed E-state index contributed by atoms with van der Waals surface area (Å²) < 4.78 is 1.59. The number of hydrogen-bond acceptors (Lipinski definition) is 3. The minimum atomic E-state index is -0.0260. The second kappa shape index (κ2) is 7.53. The number of piperidine rings is 1. The first-order chi connectivity index (χ1) is 7.27. The Labute approximate surface area is 113 Å². The van der Waals surface area contributed by atoms with Crippen LogP contribution < -0.4 is 10.6 Å². The molecule has 2 N–H and O–H groups in total. The molecule has 0 aromatic carbocycles. The zero-order chi connectivity index (χ0) is 10.7. The largest absolute Gasteiger partial charge is 0.348 e. The molecule has 17 heavy (non-hydrogen) atoms. The highest BCUT2D eigenvalue weighted by atomic mass is 35.5. The fraction of sp³-hybridized carbons (Fsp3) is 0.600. The minimum Gasteiger partial charge on any atom is -0.348 e. The summed E-state index contributed by atoms with van der Waals surface area (Å²) in [6, 6.07) is 2.03. The third-order valence-electron chi connectivity index (χ3n) is 2.73. The van der Waals surface area contributed by atoms with Crippen molar-refractivity contribution in [2.45, 2.75) is 18.9 Å². The van der Waals surface area contributed by atoms with Crippen LogP contribution in [0.1, 0.15) is 23.3 Å². The van der Waals surface area contributed by atoms with Gasteiger partial charge in [0.15, 0.2) is 0 Å². The van der Waals surface area contributed by atoms with Crippen molar-refractivity contribution in [3.05, 3.63) is 18.0 Å². The van der Waals surface area contributed by atoms with Gasteiger partial charge in [0.05, 0.1) is 0 Å². The van der Waals surface area contributed by atoms with Gasteiger partial charge in [-0.05, 0) is 32.0 Å². The molecule has 0 atom stereocenters. The Kier molecular flexibility index (Phi) is 7.18. The lowest BCUT2D eigenvalue weighted by Gasteiger charge is -2.23. The van der Waals surface area contributed by atoms with E-state index in [-0.39, 0.29) is 30.7 Å². The summed E-state index contributed by atoms with van der Waals surface area (Å²) in [4.78, 5) is 11.8. The number of aromatic nitrogens is 2. The Morgan fingerprint density at radius 1 is 1.47 bits per heavy atom. The standard InChI is InChI=1S/C10H16N4O.2ClH/c1-14-9(4-7-12-14)10(15)13-8-2-5-11-6-3-8;;/h4,7-8,11H,2-3,5-6H2,1H3,(H,13,15);2*1H. The van der Waals surface area contributed by atoms with E-state index in [1.807, 2.05) is 0 Å². The van der Waals surface area contributed by atoms with Crippen LogP contribution in [0.25, 0.3) is 0 Å². The Bertz CT molecular complexity index is 350. The number of carbonyl (C=O) groups excluding carboxylic acids is 1. The topological polar surface area (TPSA) is 59.0 Å². The Morgan fingerprint density at radius 2 is 2.12 bits per heavy atom. The molecule has 0 unspecified atom stereocenters. The van der Waals surface area contributed by atoms with Crippen LogP contribution in [0.3, 0.4) is 0 Å². The smallest absolute Gasteiger partial charge is 0.269 e. The lowest BCUT2D eigenvalue weighted by atomic mass is 10.1. The molecule has 1 aliphatic heterocycles. The number of amides is 1. The van der Waals surface area contributed by atoms with Crippen molar-refractivity contribution in [2.75, 3.05) is 13.1 Å². The molecule has 7 heteroatoms. The molecule has 0 bridgehead atoms. The molecule has 0 radical (unpaired) electrons. The van der Waals surface area contributed by atoms with Crippen LogP contribution >= 0.6 is 24.8 Å². The molecule has 0 saturated carbocycles. The minimum absolute atomic E-state index is 0. The van der Waals surface area contributed by atoms with Gasteiger partial charge in [-0.3, -0.25) is 9.48 Å². The zero-order valence-electron chi connectivity index (χ0n) is 9.68. The van der Waals surface area contributed by atoms with Gasteiger partial charge >= 0.3 is 0 Å². The number of rotatable bonds is 2. The monoisotopic (exact) mass is 280 g/mol. The Balaban J connectivity index is 0.00000128. The molecule has 2 heterocycles. The van der Waals surface area contributed by atoms with Gasteiger partial charge in [0.2, 0.25) is 0 Å². The average Bonchev–Trinajstić information content (AvgIpc) is 2.66. The van der Waals surface area contributed by atoms with Crippen LogP contribution in [0, 0.1) is 0 Å². The number of nitrogens with zero attached hydrogens (tertiary/aromatic N) is 2. The van der Waals surface area contributed by atoms with Crippen molar-refractivity contribution >= 4 is 30.7 Å². The SMILES string of the molecule is Cl.Cl.Cn1nccc1C(=O)NC1CCNCC1. The highest BCUT2D eigenvalue weighted by molar-refractivity contribution is 5.92. The second-order valence-electron chi connectivity index (χ2n) is 3.84. The van der Waals surface area contributed by atoms with Gasteiger partial charge in [0.25, 0.3) is 5.91 Å². The number of halogens is 2. The summed E-state index contributed by atoms with van der Waals surface area (Å²) in [5.74, 6) is -0.0260. The van der Waals surface area contributed by atoms with Gasteiger partial charge in [-0.1, -0.05) is 0 Å². The highest BCUT2D eigenvalue weighted by Gasteiger charge is 2.17. The summed E-state index contributed by atoms with van der Waals surface area (Å²) in [6.07, 6.45) is 3.64. The van der Waals surface area contributed by atoms with E-state index < -0.39 is 0 Å². The van der Waals surface area contributed by atoms with Crippen molar-refractivity contribution in [3.63, 3.8) is 0 Å². The van der Waals surface area contributed by atoms with Crippen LogP contribution in [-0.2, 0) is 7.05 Å². The molecule has 0 aliphatic carbocycles. The summed E-state index contributed by atoms with van der Waals surface area (Å²) >= 11 is 0. The van der Waals surface area contributed by atoms with E-state index in [4.69, 9.17) is 0 Å². The lowest BCUT2D eigenvalue weighted by molar-refractivity contribution is 0.0920. The quantitative estimate of drug-likeness (QED) is 0.841. The molecule has 2 rings (SSSR count). The third kappa shape index (κ3) is 4.18. The molecule has 5 nitrogen and oxygen atoms in total. The molecular weight excluding hydrogens is 263 g/mol. The molecule has 98 valence electrons. The molecule has 1 amide bonds. The van der Waals surface area contributed by atoms with Gasteiger partial charge < -0.3 is 10.6 Å². The van der Waals surface area contributed by atoms with Crippen molar-refractivity contribution in [1.29, 1.82) is 0 Å². The molecule has 1 aliphatic rings. The van der Waals surface area contributed by atoms with Gasteiger partial charge in [0, 0.05) is 19.3 Å². The molecule has 1 aromatic heterocycles. The fourth-order valence-corrected chi connectivity index (χ4v) is 1.82. The summed E-state index contributed by atoms with van der Waals surface area (Å²) in [5, 5.41) is 10.3. The first-order valence-corrected chi connectivity index (χ1v) is 5.27. The molecule has 1 saturated heterocycles. The van der Waals surface area contributed by atoms with Gasteiger partial charge in [-0.2, -0.15) is 5.10 Å². The average molecular weight is 281 g/mol. The highest BCUT2D eigenvalue weighted by Crippen LogP contribution is 2.04. The van der Waals surface area contributed by atoms with E-state index >= 15 is 0 Å². The van der Waals surface area contributed by atoms with Gasteiger partial charge in [-0.15, -0.1) is 24.8 Å².